The molecule has 3 amide bonds. The zero-order valence-electron chi connectivity index (χ0n) is 27.8. The van der Waals surface area contributed by atoms with E-state index in [0.29, 0.717) is 28.5 Å². The van der Waals surface area contributed by atoms with Crippen molar-refractivity contribution in [3.8, 4) is 17.1 Å². The summed E-state index contributed by atoms with van der Waals surface area (Å²) in [6, 6.07) is 25.2. The van der Waals surface area contributed by atoms with Gasteiger partial charge in [-0.05, 0) is 90.8 Å². The quantitative estimate of drug-likeness (QED) is 0.0578. The average molecular weight is 732 g/mol. The Balaban J connectivity index is 1.16. The number of para-hydroxylation sites is 1. The number of esters is 1. The van der Waals surface area contributed by atoms with Gasteiger partial charge in [0.1, 0.15) is 25.4 Å². The average Bonchev–Trinajstić information content (AvgIpc) is 3.62. The zero-order valence-corrected chi connectivity index (χ0v) is 28.6. The smallest absolute Gasteiger partial charge is 0.416 e. The third-order valence-electron chi connectivity index (χ3n) is 7.23. The number of carbonyl (C=O) groups is 3. The Morgan fingerprint density at radius 2 is 1.56 bits per heavy atom. The fourth-order valence-electron chi connectivity index (χ4n) is 4.59. The molecule has 1 heterocycles. The summed E-state index contributed by atoms with van der Waals surface area (Å²) < 4.78 is 50.4. The number of aromatic nitrogens is 3. The molecule has 1 aromatic heterocycles. The predicted octanol–water partition coefficient (Wildman–Crippen LogP) is 7.54. The van der Waals surface area contributed by atoms with E-state index in [9.17, 15) is 27.6 Å². The molecule has 0 aliphatic carbocycles. The number of amidine groups is 1. The number of aryl methyl sites for hydroxylation is 2. The predicted molar refractivity (Wildman–Crippen MR) is 190 cm³/mol. The molecule has 0 saturated heterocycles. The molecule has 0 bridgehead atoms. The Kier molecular flexibility index (Phi) is 12.3. The van der Waals surface area contributed by atoms with E-state index in [1.807, 2.05) is 50.2 Å². The normalized spacial score (nSPS) is 11.4. The number of nitrogens with one attached hydrogen (secondary N) is 3. The zero-order chi connectivity index (χ0) is 37.1. The second-order valence-electron chi connectivity index (χ2n) is 11.1. The summed E-state index contributed by atoms with van der Waals surface area (Å²) in [5.41, 5.74) is 3.82. The number of nitrogens with zero attached hydrogens (tertiary/aromatic N) is 4. The topological polar surface area (TPSA) is 149 Å². The van der Waals surface area contributed by atoms with Crippen molar-refractivity contribution < 1.29 is 37.0 Å². The highest BCUT2D eigenvalue weighted by Gasteiger charge is 2.30. The van der Waals surface area contributed by atoms with E-state index >= 15 is 0 Å². The van der Waals surface area contributed by atoms with Crippen molar-refractivity contribution in [1.29, 1.82) is 0 Å². The van der Waals surface area contributed by atoms with Crippen molar-refractivity contribution in [2.45, 2.75) is 26.6 Å². The minimum absolute atomic E-state index is 0.0465. The highest BCUT2D eigenvalue weighted by molar-refractivity contribution is 8.13. The molecule has 0 aliphatic rings. The molecular formula is C36H32F3N7O5S. The van der Waals surface area contributed by atoms with Crippen LogP contribution in [0.5, 0.6) is 0 Å². The molecule has 0 spiro atoms. The van der Waals surface area contributed by atoms with E-state index in [2.05, 4.69) is 31.0 Å². The molecule has 0 radical (unpaired) electrons. The van der Waals surface area contributed by atoms with Gasteiger partial charge in [-0.15, -0.1) is 5.10 Å². The number of alkyl carbamates (subject to hydrolysis) is 1. The Morgan fingerprint density at radius 1 is 0.865 bits per heavy atom. The lowest BCUT2D eigenvalue weighted by molar-refractivity contribution is -0.140. The number of benzene rings is 4. The number of amides is 3. The lowest BCUT2D eigenvalue weighted by Gasteiger charge is -2.12. The van der Waals surface area contributed by atoms with Crippen molar-refractivity contribution in [1.82, 2.24) is 25.4 Å². The minimum Gasteiger partial charge on any atom is -0.453 e. The molecular weight excluding hydrogens is 700 g/mol. The molecule has 5 rings (SSSR count). The molecule has 5 aromatic rings. The number of rotatable bonds is 10. The molecule has 0 unspecified atom stereocenters. The maximum atomic E-state index is 13.0. The third kappa shape index (κ3) is 10.7. The first-order chi connectivity index (χ1) is 24.9. The number of anilines is 1. The van der Waals surface area contributed by atoms with Crippen molar-refractivity contribution in [2.75, 3.05) is 17.8 Å². The first-order valence-corrected chi connectivity index (χ1v) is 16.6. The van der Waals surface area contributed by atoms with Gasteiger partial charge in [-0.3, -0.25) is 10.1 Å². The molecule has 16 heteroatoms. The molecule has 0 fully saturated rings. The second-order valence-corrected chi connectivity index (χ2v) is 12.0. The van der Waals surface area contributed by atoms with Gasteiger partial charge in [-0.25, -0.2) is 24.2 Å². The first-order valence-electron chi connectivity index (χ1n) is 15.6. The lowest BCUT2D eigenvalue weighted by Crippen LogP contribution is -2.33. The largest absolute Gasteiger partial charge is 0.453 e. The van der Waals surface area contributed by atoms with Crippen LogP contribution < -0.4 is 16.0 Å². The van der Waals surface area contributed by atoms with Crippen molar-refractivity contribution >= 4 is 46.4 Å². The number of thioether (sulfide) groups is 1. The highest BCUT2D eigenvalue weighted by Crippen LogP contribution is 2.30. The van der Waals surface area contributed by atoms with Crippen LogP contribution in [0.4, 0.5) is 34.1 Å². The number of hydrogen-bond acceptors (Lipinski definition) is 9. The number of alkyl halides is 3. The van der Waals surface area contributed by atoms with E-state index in [0.717, 1.165) is 40.6 Å². The summed E-state index contributed by atoms with van der Waals surface area (Å²) in [6.45, 7) is 3.37. The third-order valence-corrected chi connectivity index (χ3v) is 7.93. The van der Waals surface area contributed by atoms with E-state index in [-0.39, 0.29) is 17.7 Å². The Morgan fingerprint density at radius 3 is 2.23 bits per heavy atom. The Hall–Kier alpha value is -6.16. The summed E-state index contributed by atoms with van der Waals surface area (Å²) in [5.74, 6) is -0.618. The number of carbonyl (C=O) groups excluding carboxylic acids is 3. The van der Waals surface area contributed by atoms with Crippen LogP contribution in [-0.4, -0.2) is 50.5 Å². The van der Waals surface area contributed by atoms with E-state index in [1.54, 1.807) is 36.4 Å². The summed E-state index contributed by atoms with van der Waals surface area (Å²) in [6.07, 6.45) is -3.83. The first kappa shape index (κ1) is 37.1. The number of aliphatic imine (C=N–C) groups is 1. The maximum Gasteiger partial charge on any atom is 0.416 e. The van der Waals surface area contributed by atoms with Crippen LogP contribution >= 0.6 is 11.8 Å². The summed E-state index contributed by atoms with van der Waals surface area (Å²) >= 11 is 0.961. The van der Waals surface area contributed by atoms with Crippen LogP contribution in [0, 0.1) is 13.8 Å². The number of hydrogen-bond donors (Lipinski definition) is 3. The van der Waals surface area contributed by atoms with Gasteiger partial charge in [0, 0.05) is 11.3 Å². The molecule has 268 valence electrons. The van der Waals surface area contributed by atoms with Crippen LogP contribution in [0.3, 0.4) is 0 Å². The van der Waals surface area contributed by atoms with Gasteiger partial charge in [-0.1, -0.05) is 48.5 Å². The van der Waals surface area contributed by atoms with E-state index < -0.39 is 36.4 Å². The standard InChI is InChI=1S/C36H32F3N7O5S/c1-23-7-6-8-24(2)31(23)43-34(52-22-51-30(47)19-40-35(49)50-20-25-9-4-3-5-10-25)44-33(48)42-28-15-11-26(12-16-28)32-41-21-46(45-32)29-17-13-27(14-18-29)36(37,38)39/h3-18,21H,19-20,22H2,1-2H3,(H,40,49)(H2,42,43,44,48). The van der Waals surface area contributed by atoms with Crippen molar-refractivity contribution in [2.24, 2.45) is 4.99 Å². The van der Waals surface area contributed by atoms with Crippen LogP contribution in [0.1, 0.15) is 22.3 Å². The van der Waals surface area contributed by atoms with Crippen LogP contribution in [0.2, 0.25) is 0 Å². The van der Waals surface area contributed by atoms with Crippen LogP contribution in [0.15, 0.2) is 108 Å². The Bertz CT molecular complexity index is 2020. The number of urea groups is 1. The molecule has 4 aromatic carbocycles. The Labute approximate surface area is 300 Å². The molecule has 0 atom stereocenters. The van der Waals surface area contributed by atoms with Gasteiger partial charge in [0.15, 0.2) is 11.0 Å². The van der Waals surface area contributed by atoms with Crippen molar-refractivity contribution in [3.63, 3.8) is 0 Å². The SMILES string of the molecule is Cc1cccc(C)c1/N=C(\NC(=O)Nc1ccc(-c2ncn(-c3ccc(C(F)(F)F)cc3)n2)cc1)SCOC(=O)CNC(=O)OCc1ccccc1. The van der Waals surface area contributed by atoms with Gasteiger partial charge in [0.2, 0.25) is 0 Å². The fourth-order valence-corrected chi connectivity index (χ4v) is 5.21. The minimum atomic E-state index is -4.44. The monoisotopic (exact) mass is 731 g/mol. The van der Waals surface area contributed by atoms with Crippen molar-refractivity contribution in [3.05, 3.63) is 126 Å². The summed E-state index contributed by atoms with van der Waals surface area (Å²) in [7, 11) is 0. The van der Waals surface area contributed by atoms with E-state index in [4.69, 9.17) is 9.47 Å². The molecule has 12 nitrogen and oxygen atoms in total. The van der Waals surface area contributed by atoms with E-state index in [1.165, 1.54) is 23.1 Å². The molecule has 52 heavy (non-hydrogen) atoms. The van der Waals surface area contributed by atoms with Gasteiger partial charge >= 0.3 is 24.3 Å². The van der Waals surface area contributed by atoms with Gasteiger partial charge in [-0.2, -0.15) is 13.2 Å². The second kappa shape index (κ2) is 17.2. The van der Waals surface area contributed by atoms with Gasteiger partial charge in [0.25, 0.3) is 0 Å². The molecule has 0 aliphatic heterocycles. The fraction of sp³-hybridized carbons (Fsp3) is 0.167. The maximum absolute atomic E-state index is 13.0. The van der Waals surface area contributed by atoms with Crippen LogP contribution in [0.25, 0.3) is 17.1 Å². The van der Waals surface area contributed by atoms with Crippen LogP contribution in [-0.2, 0) is 27.1 Å². The van der Waals surface area contributed by atoms with Gasteiger partial charge < -0.3 is 20.1 Å². The highest BCUT2D eigenvalue weighted by atomic mass is 32.2. The van der Waals surface area contributed by atoms with Gasteiger partial charge in [0.05, 0.1) is 16.9 Å². The number of halogens is 3. The molecule has 3 N–H and O–H groups in total. The molecule has 0 saturated carbocycles. The lowest BCUT2D eigenvalue weighted by atomic mass is 10.1. The number of ether oxygens (including phenoxy) is 2. The summed E-state index contributed by atoms with van der Waals surface area (Å²) in [4.78, 5) is 46.2. The summed E-state index contributed by atoms with van der Waals surface area (Å²) in [5, 5.41) is 12.2.